The SMILES string of the molecule is O=C(c1oc(-c2ccccn2)nc1C(F)F)N1CCc2[nH]cnc2[C@H]1c1nc2ccccc2s1. The minimum atomic E-state index is -2.99. The summed E-state index contributed by atoms with van der Waals surface area (Å²) in [6, 6.07) is 11.9. The molecular weight excluding hydrogens is 462 g/mol. The summed E-state index contributed by atoms with van der Waals surface area (Å²) in [5.41, 5.74) is 1.87. The van der Waals surface area contributed by atoms with E-state index < -0.39 is 29.8 Å². The van der Waals surface area contributed by atoms with Crippen molar-refractivity contribution >= 4 is 27.5 Å². The highest BCUT2D eigenvalue weighted by Gasteiger charge is 2.40. The number of hydrogen-bond acceptors (Lipinski definition) is 7. The number of carbonyl (C=O) groups is 1. The highest BCUT2D eigenvalue weighted by atomic mass is 32.1. The molecule has 11 heteroatoms. The molecule has 6 rings (SSSR count). The zero-order chi connectivity index (χ0) is 23.2. The number of rotatable bonds is 4. The molecule has 1 aliphatic rings. The maximum absolute atomic E-state index is 13.9. The first-order chi connectivity index (χ1) is 16.6. The molecule has 4 aromatic heterocycles. The average molecular weight is 478 g/mol. The monoisotopic (exact) mass is 478 g/mol. The Labute approximate surface area is 195 Å². The number of para-hydroxylation sites is 1. The Kier molecular flexibility index (Phi) is 4.91. The molecule has 0 fully saturated rings. The summed E-state index contributed by atoms with van der Waals surface area (Å²) in [6.45, 7) is 0.275. The number of hydrogen-bond donors (Lipinski definition) is 1. The number of aromatic nitrogens is 5. The first-order valence-electron chi connectivity index (χ1n) is 10.5. The predicted octanol–water partition coefficient (Wildman–Crippen LogP) is 4.79. The molecule has 0 saturated carbocycles. The molecular formula is C23H16F2N6O2S. The lowest BCUT2D eigenvalue weighted by molar-refractivity contribution is 0.0643. The number of carbonyl (C=O) groups excluding carboxylic acids is 1. The van der Waals surface area contributed by atoms with Crippen LogP contribution in [0.4, 0.5) is 8.78 Å². The van der Waals surface area contributed by atoms with E-state index in [4.69, 9.17) is 9.40 Å². The number of nitrogens with zero attached hydrogens (tertiary/aromatic N) is 5. The molecule has 1 atom stereocenters. The topological polar surface area (TPSA) is 101 Å². The van der Waals surface area contributed by atoms with Gasteiger partial charge in [-0.2, -0.15) is 0 Å². The van der Waals surface area contributed by atoms with Crippen molar-refractivity contribution in [2.45, 2.75) is 18.9 Å². The van der Waals surface area contributed by atoms with E-state index in [9.17, 15) is 13.6 Å². The number of halogens is 2. The summed E-state index contributed by atoms with van der Waals surface area (Å²) < 4.78 is 34.3. The maximum Gasteiger partial charge on any atom is 0.292 e. The second-order valence-corrected chi connectivity index (χ2v) is 8.75. The van der Waals surface area contributed by atoms with Gasteiger partial charge in [-0.1, -0.05) is 18.2 Å². The van der Waals surface area contributed by atoms with Crippen LogP contribution in [0.2, 0.25) is 0 Å². The predicted molar refractivity (Wildman–Crippen MR) is 119 cm³/mol. The number of imidazole rings is 1. The van der Waals surface area contributed by atoms with Crippen LogP contribution < -0.4 is 0 Å². The van der Waals surface area contributed by atoms with Crippen molar-refractivity contribution in [3.05, 3.63) is 82.8 Å². The first-order valence-corrected chi connectivity index (χ1v) is 11.3. The van der Waals surface area contributed by atoms with Crippen LogP contribution in [0.15, 0.2) is 59.4 Å². The molecule has 5 aromatic rings. The molecule has 0 bridgehead atoms. The summed E-state index contributed by atoms with van der Waals surface area (Å²) in [5, 5.41) is 0.644. The van der Waals surface area contributed by atoms with Gasteiger partial charge in [-0.3, -0.25) is 9.78 Å². The smallest absolute Gasteiger partial charge is 0.292 e. The first kappa shape index (κ1) is 20.6. The van der Waals surface area contributed by atoms with Gasteiger partial charge in [0.05, 0.1) is 22.2 Å². The summed E-state index contributed by atoms with van der Waals surface area (Å²) in [4.78, 5) is 35.4. The molecule has 0 radical (unpaired) electrons. The van der Waals surface area contributed by atoms with Crippen molar-refractivity contribution in [2.75, 3.05) is 6.54 Å². The van der Waals surface area contributed by atoms with E-state index >= 15 is 0 Å². The second kappa shape index (κ2) is 8.10. The van der Waals surface area contributed by atoms with E-state index in [1.165, 1.54) is 22.4 Å². The Bertz CT molecular complexity index is 1460. The van der Waals surface area contributed by atoms with Crippen LogP contribution in [-0.4, -0.2) is 42.3 Å². The Morgan fingerprint density at radius 1 is 1.15 bits per heavy atom. The molecule has 34 heavy (non-hydrogen) atoms. The zero-order valence-electron chi connectivity index (χ0n) is 17.5. The van der Waals surface area contributed by atoms with Crippen LogP contribution in [0.25, 0.3) is 21.8 Å². The van der Waals surface area contributed by atoms with Gasteiger partial charge in [0.2, 0.25) is 11.7 Å². The molecule has 1 amide bonds. The molecule has 8 nitrogen and oxygen atoms in total. The van der Waals surface area contributed by atoms with Gasteiger partial charge in [0.1, 0.15) is 16.7 Å². The van der Waals surface area contributed by atoms with E-state index in [1.54, 1.807) is 24.5 Å². The van der Waals surface area contributed by atoms with E-state index in [1.807, 2.05) is 24.3 Å². The van der Waals surface area contributed by atoms with Gasteiger partial charge in [0.15, 0.2) is 5.69 Å². The fourth-order valence-electron chi connectivity index (χ4n) is 4.11. The number of aromatic amines is 1. The van der Waals surface area contributed by atoms with E-state index in [0.717, 1.165) is 15.9 Å². The fraction of sp³-hybridized carbons (Fsp3) is 0.174. The van der Waals surface area contributed by atoms with Gasteiger partial charge >= 0.3 is 0 Å². The lowest BCUT2D eigenvalue weighted by atomic mass is 10.0. The fourth-order valence-corrected chi connectivity index (χ4v) is 5.20. The van der Waals surface area contributed by atoms with Crippen LogP contribution in [0.1, 0.15) is 45.1 Å². The Morgan fingerprint density at radius 3 is 2.79 bits per heavy atom. The highest BCUT2D eigenvalue weighted by molar-refractivity contribution is 7.18. The molecule has 0 unspecified atom stereocenters. The van der Waals surface area contributed by atoms with Gasteiger partial charge in [0.25, 0.3) is 12.3 Å². The van der Waals surface area contributed by atoms with Crippen molar-refractivity contribution in [2.24, 2.45) is 0 Å². The number of oxazole rings is 1. The van der Waals surface area contributed by atoms with Gasteiger partial charge in [-0.05, 0) is 24.3 Å². The molecule has 0 spiro atoms. The van der Waals surface area contributed by atoms with Crippen LogP contribution in [0.5, 0.6) is 0 Å². The van der Waals surface area contributed by atoms with Gasteiger partial charge < -0.3 is 14.3 Å². The van der Waals surface area contributed by atoms with Crippen molar-refractivity contribution in [1.29, 1.82) is 0 Å². The minimum absolute atomic E-state index is 0.131. The lowest BCUT2D eigenvalue weighted by Crippen LogP contribution is -2.41. The number of amides is 1. The standard InChI is InChI=1S/C23H16F2N6O2S/c24-20(25)17-19(33-21(30-17)14-6-3-4-9-26-14)23(32)31-10-8-13-16(28-11-27-13)18(31)22-29-12-5-1-2-7-15(12)34-22/h1-7,9,11,18,20H,8,10H2,(H,27,28)/t18-/m0/s1. The van der Waals surface area contributed by atoms with Crippen LogP contribution >= 0.6 is 11.3 Å². The van der Waals surface area contributed by atoms with Crippen LogP contribution in [-0.2, 0) is 6.42 Å². The largest absolute Gasteiger partial charge is 0.429 e. The van der Waals surface area contributed by atoms with Gasteiger partial charge in [-0.15, -0.1) is 11.3 Å². The molecule has 0 saturated heterocycles. The minimum Gasteiger partial charge on any atom is -0.429 e. The number of H-pyrrole nitrogens is 1. The number of fused-ring (bicyclic) bond motifs is 2. The summed E-state index contributed by atoms with van der Waals surface area (Å²) >= 11 is 1.44. The highest BCUT2D eigenvalue weighted by Crippen LogP contribution is 2.39. The molecule has 5 heterocycles. The molecule has 1 N–H and O–H groups in total. The van der Waals surface area contributed by atoms with E-state index in [-0.39, 0.29) is 18.1 Å². The third-order valence-electron chi connectivity index (χ3n) is 5.67. The quantitative estimate of drug-likeness (QED) is 0.398. The Hall–Kier alpha value is -3.99. The zero-order valence-corrected chi connectivity index (χ0v) is 18.3. The summed E-state index contributed by atoms with van der Waals surface area (Å²) in [7, 11) is 0. The summed E-state index contributed by atoms with van der Waals surface area (Å²) in [5.74, 6) is -1.32. The van der Waals surface area contributed by atoms with Crippen molar-refractivity contribution in [3.63, 3.8) is 0 Å². The van der Waals surface area contributed by atoms with Gasteiger partial charge in [-0.25, -0.2) is 23.7 Å². The Balaban J connectivity index is 1.45. The average Bonchev–Trinajstić information content (AvgIpc) is 3.61. The van der Waals surface area contributed by atoms with Crippen molar-refractivity contribution < 1.29 is 18.0 Å². The van der Waals surface area contributed by atoms with Crippen LogP contribution in [0, 0.1) is 0 Å². The van der Waals surface area contributed by atoms with E-state index in [0.29, 0.717) is 17.1 Å². The third kappa shape index (κ3) is 3.36. The number of benzene rings is 1. The maximum atomic E-state index is 13.9. The number of alkyl halides is 2. The summed E-state index contributed by atoms with van der Waals surface area (Å²) in [6.07, 6.45) is 0.563. The normalized spacial score (nSPS) is 15.7. The second-order valence-electron chi connectivity index (χ2n) is 7.69. The molecule has 1 aliphatic heterocycles. The molecule has 170 valence electrons. The Morgan fingerprint density at radius 2 is 2.00 bits per heavy atom. The van der Waals surface area contributed by atoms with Gasteiger partial charge in [0, 0.05) is 24.9 Å². The van der Waals surface area contributed by atoms with Crippen molar-refractivity contribution in [1.82, 2.24) is 29.8 Å². The number of nitrogens with one attached hydrogen (secondary N) is 1. The van der Waals surface area contributed by atoms with Crippen LogP contribution in [0.3, 0.4) is 0 Å². The third-order valence-corrected chi connectivity index (χ3v) is 6.76. The molecule has 1 aromatic carbocycles. The molecule has 0 aliphatic carbocycles. The number of pyridine rings is 1. The number of thiazole rings is 1. The van der Waals surface area contributed by atoms with E-state index in [2.05, 4.69) is 19.9 Å². The lowest BCUT2D eigenvalue weighted by Gasteiger charge is -2.33. The van der Waals surface area contributed by atoms with Crippen molar-refractivity contribution in [3.8, 4) is 11.6 Å².